The van der Waals surface area contributed by atoms with Gasteiger partial charge in [-0.15, -0.1) is 11.3 Å². The second-order valence-corrected chi connectivity index (χ2v) is 9.12. The van der Waals surface area contributed by atoms with E-state index in [0.717, 1.165) is 43.4 Å². The maximum atomic E-state index is 13.3. The van der Waals surface area contributed by atoms with Gasteiger partial charge in [0.2, 0.25) is 11.4 Å². The number of β-amino-alcohol motifs (C(OH)–C–C–N with tert-alkyl or cyclic N) is 1. The number of aliphatic hydroxyl groups is 1. The van der Waals surface area contributed by atoms with Crippen LogP contribution in [0.3, 0.4) is 0 Å². The standard InChI is InChI=1S/C21H26N4O5S/c22-18(28)21(19(29)24-20-23-15(12-31-20)16-7-4-8-30-16)10-14(26)11-25(21)17(27)9-13-5-2-1-3-6-13/h4,7-8,12-14,26H,1-3,5-6,9-11H2,(H2,22,28)(H,23,24,29)/t14-,21-/m0/s1. The first kappa shape index (κ1) is 21.5. The SMILES string of the molecule is NC(=O)[C@]1(C(=O)Nc2nc(-c3ccco3)cs2)C[C@H](O)CN1C(=O)CC1CCCCC1. The van der Waals surface area contributed by atoms with Crippen molar-refractivity contribution in [1.29, 1.82) is 0 Å². The minimum absolute atomic E-state index is 0.0998. The van der Waals surface area contributed by atoms with E-state index in [1.54, 1.807) is 17.5 Å². The van der Waals surface area contributed by atoms with E-state index in [1.165, 1.54) is 11.2 Å². The number of primary amides is 1. The molecule has 0 unspecified atom stereocenters. The summed E-state index contributed by atoms with van der Waals surface area (Å²) in [6, 6.07) is 3.47. The van der Waals surface area contributed by atoms with Crippen molar-refractivity contribution in [2.24, 2.45) is 11.7 Å². The molecule has 3 amide bonds. The summed E-state index contributed by atoms with van der Waals surface area (Å²) in [5.41, 5.74) is 4.25. The van der Waals surface area contributed by atoms with Crippen molar-refractivity contribution in [1.82, 2.24) is 9.88 Å². The van der Waals surface area contributed by atoms with Crippen molar-refractivity contribution in [3.63, 3.8) is 0 Å². The Kier molecular flexibility index (Phi) is 6.10. The number of hydrogen-bond donors (Lipinski definition) is 3. The van der Waals surface area contributed by atoms with Crippen LogP contribution in [0.4, 0.5) is 5.13 Å². The molecule has 2 aromatic heterocycles. The lowest BCUT2D eigenvalue weighted by Crippen LogP contribution is -2.63. The smallest absolute Gasteiger partial charge is 0.262 e. The lowest BCUT2D eigenvalue weighted by molar-refractivity contribution is -0.150. The average molecular weight is 447 g/mol. The van der Waals surface area contributed by atoms with E-state index < -0.39 is 23.5 Å². The van der Waals surface area contributed by atoms with Gasteiger partial charge in [-0.25, -0.2) is 4.98 Å². The van der Waals surface area contributed by atoms with Crippen LogP contribution in [0.2, 0.25) is 0 Å². The molecule has 9 nitrogen and oxygen atoms in total. The Morgan fingerprint density at radius 1 is 1.32 bits per heavy atom. The molecule has 1 aliphatic heterocycles. The van der Waals surface area contributed by atoms with Crippen LogP contribution in [0.15, 0.2) is 28.2 Å². The second kappa shape index (κ2) is 8.80. The van der Waals surface area contributed by atoms with E-state index in [-0.39, 0.29) is 36.3 Å². The molecule has 1 saturated heterocycles. The number of nitrogens with zero attached hydrogens (tertiary/aromatic N) is 2. The molecule has 0 bridgehead atoms. The number of nitrogens with one attached hydrogen (secondary N) is 1. The Morgan fingerprint density at radius 2 is 2.10 bits per heavy atom. The summed E-state index contributed by atoms with van der Waals surface area (Å²) in [5.74, 6) is -1.27. The summed E-state index contributed by atoms with van der Waals surface area (Å²) in [6.07, 6.45) is 5.73. The lowest BCUT2D eigenvalue weighted by Gasteiger charge is -2.35. The van der Waals surface area contributed by atoms with Gasteiger partial charge < -0.3 is 20.2 Å². The maximum absolute atomic E-state index is 13.3. The lowest BCUT2D eigenvalue weighted by atomic mass is 9.86. The Bertz CT molecular complexity index is 953. The van der Waals surface area contributed by atoms with E-state index in [1.807, 2.05) is 0 Å². The molecule has 2 aromatic rings. The van der Waals surface area contributed by atoms with Gasteiger partial charge in [0.25, 0.3) is 11.8 Å². The van der Waals surface area contributed by atoms with Crippen LogP contribution < -0.4 is 11.1 Å². The molecule has 10 heteroatoms. The van der Waals surface area contributed by atoms with Gasteiger partial charge in [-0.3, -0.25) is 19.7 Å². The summed E-state index contributed by atoms with van der Waals surface area (Å²) in [5, 5.41) is 14.9. The number of aliphatic hydroxyl groups excluding tert-OH is 1. The monoisotopic (exact) mass is 446 g/mol. The molecular weight excluding hydrogens is 420 g/mol. The fraction of sp³-hybridized carbons (Fsp3) is 0.524. The molecule has 3 heterocycles. The van der Waals surface area contributed by atoms with Gasteiger partial charge in [0, 0.05) is 24.8 Å². The number of thiazole rings is 1. The quantitative estimate of drug-likeness (QED) is 0.581. The number of anilines is 1. The van der Waals surface area contributed by atoms with Gasteiger partial charge in [0.05, 0.1) is 12.4 Å². The highest BCUT2D eigenvalue weighted by atomic mass is 32.1. The van der Waals surface area contributed by atoms with Crippen LogP contribution in [0.1, 0.15) is 44.9 Å². The summed E-state index contributed by atoms with van der Waals surface area (Å²) >= 11 is 1.16. The molecule has 4 rings (SSSR count). The number of rotatable bonds is 6. The zero-order valence-corrected chi connectivity index (χ0v) is 17.9. The number of carbonyl (C=O) groups excluding carboxylic acids is 3. The van der Waals surface area contributed by atoms with Crippen LogP contribution in [-0.2, 0) is 14.4 Å². The highest BCUT2D eigenvalue weighted by Crippen LogP contribution is 2.35. The summed E-state index contributed by atoms with van der Waals surface area (Å²) in [6.45, 7) is -0.0998. The Hall–Kier alpha value is -2.72. The largest absolute Gasteiger partial charge is 0.463 e. The summed E-state index contributed by atoms with van der Waals surface area (Å²) < 4.78 is 5.30. The van der Waals surface area contributed by atoms with Crippen molar-refractivity contribution < 1.29 is 23.9 Å². The third kappa shape index (κ3) is 4.22. The number of amides is 3. The first-order valence-corrected chi connectivity index (χ1v) is 11.4. The second-order valence-electron chi connectivity index (χ2n) is 8.26. The number of likely N-dealkylation sites (tertiary alicyclic amines) is 1. The van der Waals surface area contributed by atoms with Crippen molar-refractivity contribution in [3.05, 3.63) is 23.8 Å². The molecule has 0 aromatic carbocycles. The molecule has 0 radical (unpaired) electrons. The third-order valence-electron chi connectivity index (χ3n) is 6.16. The molecule has 0 spiro atoms. The zero-order chi connectivity index (χ0) is 22.0. The Balaban J connectivity index is 1.54. The van der Waals surface area contributed by atoms with Crippen LogP contribution in [0.5, 0.6) is 0 Å². The van der Waals surface area contributed by atoms with Crippen molar-refractivity contribution in [2.45, 2.75) is 56.6 Å². The van der Waals surface area contributed by atoms with Crippen LogP contribution >= 0.6 is 11.3 Å². The molecule has 1 aliphatic carbocycles. The molecule has 2 atom stereocenters. The number of aromatic nitrogens is 1. The Morgan fingerprint density at radius 3 is 2.77 bits per heavy atom. The van der Waals surface area contributed by atoms with Crippen molar-refractivity contribution in [3.8, 4) is 11.5 Å². The normalized spacial score (nSPS) is 24.3. The van der Waals surface area contributed by atoms with E-state index >= 15 is 0 Å². The number of furan rings is 1. The average Bonchev–Trinajstić information content (AvgIpc) is 3.48. The molecule has 2 fully saturated rings. The van der Waals surface area contributed by atoms with Gasteiger partial charge in [-0.2, -0.15) is 0 Å². The highest BCUT2D eigenvalue weighted by molar-refractivity contribution is 7.14. The fourth-order valence-corrected chi connectivity index (χ4v) is 5.27. The molecule has 2 aliphatic rings. The predicted molar refractivity (Wildman–Crippen MR) is 114 cm³/mol. The predicted octanol–water partition coefficient (Wildman–Crippen LogP) is 2.13. The van der Waals surface area contributed by atoms with Crippen LogP contribution in [-0.4, -0.2) is 50.9 Å². The van der Waals surface area contributed by atoms with Gasteiger partial charge in [0.15, 0.2) is 10.9 Å². The molecule has 1 saturated carbocycles. The van der Waals surface area contributed by atoms with E-state index in [2.05, 4.69) is 10.3 Å². The molecule has 4 N–H and O–H groups in total. The minimum Gasteiger partial charge on any atom is -0.463 e. The summed E-state index contributed by atoms with van der Waals surface area (Å²) in [4.78, 5) is 44.4. The topological polar surface area (TPSA) is 139 Å². The van der Waals surface area contributed by atoms with Crippen molar-refractivity contribution >= 4 is 34.2 Å². The van der Waals surface area contributed by atoms with E-state index in [4.69, 9.17) is 10.2 Å². The first-order chi connectivity index (χ1) is 14.9. The number of hydrogen-bond acceptors (Lipinski definition) is 7. The van der Waals surface area contributed by atoms with Gasteiger partial charge in [0.1, 0.15) is 5.69 Å². The number of nitrogens with two attached hydrogens (primary N) is 1. The van der Waals surface area contributed by atoms with Gasteiger partial charge in [-0.05, 0) is 30.9 Å². The van der Waals surface area contributed by atoms with Gasteiger partial charge in [-0.1, -0.05) is 19.3 Å². The highest BCUT2D eigenvalue weighted by Gasteiger charge is 2.57. The van der Waals surface area contributed by atoms with Crippen LogP contribution in [0.25, 0.3) is 11.5 Å². The summed E-state index contributed by atoms with van der Waals surface area (Å²) in [7, 11) is 0. The van der Waals surface area contributed by atoms with Crippen molar-refractivity contribution in [2.75, 3.05) is 11.9 Å². The van der Waals surface area contributed by atoms with E-state index in [0.29, 0.717) is 11.5 Å². The maximum Gasteiger partial charge on any atom is 0.262 e. The minimum atomic E-state index is -1.94. The third-order valence-corrected chi connectivity index (χ3v) is 6.91. The van der Waals surface area contributed by atoms with Crippen LogP contribution in [0, 0.1) is 5.92 Å². The first-order valence-electron chi connectivity index (χ1n) is 10.5. The molecule has 166 valence electrons. The van der Waals surface area contributed by atoms with Gasteiger partial charge >= 0.3 is 0 Å². The molecular formula is C21H26N4O5S. The Labute approximate surface area is 183 Å². The van der Waals surface area contributed by atoms with E-state index in [9.17, 15) is 19.5 Å². The molecule has 31 heavy (non-hydrogen) atoms. The zero-order valence-electron chi connectivity index (χ0n) is 17.1. The number of carbonyl (C=O) groups is 3. The fourth-order valence-electron chi connectivity index (χ4n) is 4.58.